The lowest BCUT2D eigenvalue weighted by Gasteiger charge is -2.38. The van der Waals surface area contributed by atoms with Crippen LogP contribution >= 0.6 is 0 Å². The molecule has 14 heteroatoms. The molecule has 39 heavy (non-hydrogen) atoms. The highest BCUT2D eigenvalue weighted by Crippen LogP contribution is 2.17. The molecule has 0 rings (SSSR count). The molecule has 4 amide bonds. The first-order valence-electron chi connectivity index (χ1n) is 13.7. The molecule has 0 saturated carbocycles. The van der Waals surface area contributed by atoms with Crippen LogP contribution in [0, 0.1) is 0 Å². The van der Waals surface area contributed by atoms with Gasteiger partial charge in [0, 0.05) is 39.3 Å². The van der Waals surface area contributed by atoms with Gasteiger partial charge in [-0.1, -0.05) is 33.1 Å². The lowest BCUT2D eigenvalue weighted by molar-refractivity contribution is -0.183. The molecule has 14 nitrogen and oxygen atoms in total. The van der Waals surface area contributed by atoms with Crippen LogP contribution in [-0.4, -0.2) is 92.0 Å². The van der Waals surface area contributed by atoms with E-state index in [0.717, 1.165) is 12.8 Å². The molecule has 0 heterocycles. The molecule has 0 aromatic carbocycles. The Morgan fingerprint density at radius 2 is 1.49 bits per heavy atom. The first-order chi connectivity index (χ1) is 18.5. The minimum atomic E-state index is -1.26. The number of nitrogens with zero attached hydrogens (tertiary/aromatic N) is 3. The Labute approximate surface area is 230 Å². The fourth-order valence-corrected chi connectivity index (χ4v) is 3.92. The zero-order chi connectivity index (χ0) is 29.8. The van der Waals surface area contributed by atoms with E-state index in [4.69, 9.17) is 10.9 Å². The topological polar surface area (TPSA) is 206 Å². The van der Waals surface area contributed by atoms with Crippen LogP contribution in [0.3, 0.4) is 0 Å². The van der Waals surface area contributed by atoms with Crippen LogP contribution < -0.4 is 16.5 Å². The van der Waals surface area contributed by atoms with Crippen molar-refractivity contribution in [3.05, 3.63) is 0 Å². The summed E-state index contributed by atoms with van der Waals surface area (Å²) < 4.78 is 0. The van der Waals surface area contributed by atoms with E-state index in [1.807, 2.05) is 13.8 Å². The second kappa shape index (κ2) is 21.2. The molecule has 0 aliphatic rings. The normalized spacial score (nSPS) is 13.3. The van der Waals surface area contributed by atoms with Crippen LogP contribution in [0.1, 0.15) is 97.8 Å². The molecule has 3 unspecified atom stereocenters. The summed E-state index contributed by atoms with van der Waals surface area (Å²) in [6.07, 6.45) is 3.29. The van der Waals surface area contributed by atoms with Crippen molar-refractivity contribution in [2.24, 2.45) is 5.73 Å². The average Bonchev–Trinajstić information content (AvgIpc) is 2.92. The van der Waals surface area contributed by atoms with Crippen molar-refractivity contribution in [2.75, 3.05) is 13.1 Å². The molecule has 0 aromatic rings. The quantitative estimate of drug-likeness (QED) is 0.0367. The minimum absolute atomic E-state index is 0.122. The summed E-state index contributed by atoms with van der Waals surface area (Å²) >= 11 is 0. The summed E-state index contributed by atoms with van der Waals surface area (Å²) in [5.41, 5.74) is 7.55. The van der Waals surface area contributed by atoms with Gasteiger partial charge in [0.05, 0.1) is 6.17 Å². The average molecular weight is 561 g/mol. The van der Waals surface area contributed by atoms with Crippen LogP contribution in [-0.2, 0) is 24.0 Å². The first kappa shape index (κ1) is 36.4. The molecular weight excluding hydrogens is 512 g/mol. The molecule has 0 bridgehead atoms. The number of hydroxylamine groups is 5. The standard InChI is InChI=1S/C25H48N6O8/c1-4-6-11-21(26)31(39)20(15-18-32)25(36)29(16-9-8-10-17-30(38)19(3)33)22(12-7-5-2)27-23(34)13-14-24(35)28-37/h18,20-22,37-39H,4-17,26H2,1-3H3,(H,27,34)(H,28,35). The third kappa shape index (κ3) is 14.9. The fraction of sp³-hybridized carbons (Fsp3) is 0.800. The van der Waals surface area contributed by atoms with Gasteiger partial charge >= 0.3 is 0 Å². The number of amides is 4. The van der Waals surface area contributed by atoms with Crippen LogP contribution in [0.5, 0.6) is 0 Å². The molecule has 0 aliphatic carbocycles. The van der Waals surface area contributed by atoms with E-state index in [-0.39, 0.29) is 32.4 Å². The summed E-state index contributed by atoms with van der Waals surface area (Å²) in [4.78, 5) is 61.8. The smallest absolute Gasteiger partial charge is 0.244 e. The third-order valence-corrected chi connectivity index (χ3v) is 6.27. The second-order valence-electron chi connectivity index (χ2n) is 9.50. The van der Waals surface area contributed by atoms with Gasteiger partial charge in [0.2, 0.25) is 23.6 Å². The van der Waals surface area contributed by atoms with E-state index in [2.05, 4.69) is 5.32 Å². The molecule has 0 saturated heterocycles. The third-order valence-electron chi connectivity index (χ3n) is 6.27. The van der Waals surface area contributed by atoms with Crippen LogP contribution in [0.2, 0.25) is 0 Å². The highest BCUT2D eigenvalue weighted by atomic mass is 16.5. The maximum absolute atomic E-state index is 13.8. The van der Waals surface area contributed by atoms with Crippen molar-refractivity contribution in [1.29, 1.82) is 0 Å². The first-order valence-corrected chi connectivity index (χ1v) is 13.7. The Bertz CT molecular complexity index is 756. The summed E-state index contributed by atoms with van der Waals surface area (Å²) in [5.74, 6) is -2.31. The zero-order valence-electron chi connectivity index (χ0n) is 23.5. The Kier molecular flexibility index (Phi) is 19.8. The van der Waals surface area contributed by atoms with Gasteiger partial charge in [-0.15, -0.1) is 0 Å². The Balaban J connectivity index is 5.87. The summed E-state index contributed by atoms with van der Waals surface area (Å²) in [5, 5.41) is 33.1. The number of unbranched alkanes of at least 4 members (excludes halogenated alkanes) is 4. The number of nitrogens with one attached hydrogen (secondary N) is 2. The largest absolute Gasteiger partial charge is 0.336 e. The zero-order valence-corrected chi connectivity index (χ0v) is 23.5. The molecule has 3 atom stereocenters. The van der Waals surface area contributed by atoms with Crippen molar-refractivity contribution < 1.29 is 39.6 Å². The van der Waals surface area contributed by atoms with Crippen LogP contribution in [0.4, 0.5) is 0 Å². The Morgan fingerprint density at radius 1 is 0.897 bits per heavy atom. The van der Waals surface area contributed by atoms with Crippen molar-refractivity contribution in [3.63, 3.8) is 0 Å². The van der Waals surface area contributed by atoms with Gasteiger partial charge in [0.15, 0.2) is 0 Å². The van der Waals surface area contributed by atoms with Gasteiger partial charge in [-0.25, -0.2) is 10.5 Å². The number of rotatable bonds is 22. The van der Waals surface area contributed by atoms with Gasteiger partial charge in [-0.05, 0) is 38.5 Å². The molecule has 7 N–H and O–H groups in total. The SMILES string of the molecule is CCCCC(NC(=O)CCC(=O)NO)N(CCCCCN(O)C(C)=O)C(=O)C(CC=O)N(O)C(N)CCCC. The number of carbonyl (C=O) groups is 5. The highest BCUT2D eigenvalue weighted by Gasteiger charge is 2.35. The summed E-state index contributed by atoms with van der Waals surface area (Å²) in [6.45, 7) is 5.43. The van der Waals surface area contributed by atoms with Gasteiger partial charge < -0.3 is 26.0 Å². The van der Waals surface area contributed by atoms with Crippen LogP contribution in [0.25, 0.3) is 0 Å². The molecular formula is C25H48N6O8. The van der Waals surface area contributed by atoms with E-state index in [0.29, 0.717) is 61.4 Å². The summed E-state index contributed by atoms with van der Waals surface area (Å²) in [6, 6.07) is -1.26. The monoisotopic (exact) mass is 560 g/mol. The number of carbonyl (C=O) groups excluding carboxylic acids is 5. The second-order valence-corrected chi connectivity index (χ2v) is 9.50. The fourth-order valence-electron chi connectivity index (χ4n) is 3.92. The van der Waals surface area contributed by atoms with Crippen molar-refractivity contribution >= 4 is 29.9 Å². The van der Waals surface area contributed by atoms with E-state index >= 15 is 0 Å². The predicted molar refractivity (Wildman–Crippen MR) is 141 cm³/mol. The van der Waals surface area contributed by atoms with E-state index in [1.54, 1.807) is 0 Å². The highest BCUT2D eigenvalue weighted by molar-refractivity contribution is 5.86. The number of aldehydes is 1. The Hall–Kier alpha value is -2.65. The molecule has 0 spiro atoms. The molecule has 0 radical (unpaired) electrons. The molecule has 226 valence electrons. The number of hydrogen-bond donors (Lipinski definition) is 6. The van der Waals surface area contributed by atoms with Crippen LogP contribution in [0.15, 0.2) is 0 Å². The number of nitrogens with two attached hydrogens (primary N) is 1. The van der Waals surface area contributed by atoms with Crippen molar-refractivity contribution in [3.8, 4) is 0 Å². The molecule has 0 fully saturated rings. The van der Waals surface area contributed by atoms with Gasteiger partial charge in [0.1, 0.15) is 18.5 Å². The van der Waals surface area contributed by atoms with Gasteiger partial charge in [-0.2, -0.15) is 5.06 Å². The van der Waals surface area contributed by atoms with E-state index in [1.165, 1.54) is 17.3 Å². The van der Waals surface area contributed by atoms with Crippen molar-refractivity contribution in [2.45, 2.75) is 116 Å². The predicted octanol–water partition coefficient (Wildman–Crippen LogP) is 1.26. The number of hydrogen-bond acceptors (Lipinski definition) is 10. The lowest BCUT2D eigenvalue weighted by Crippen LogP contribution is -2.59. The molecule has 0 aliphatic heterocycles. The minimum Gasteiger partial charge on any atom is -0.336 e. The molecule has 0 aromatic heterocycles. The van der Waals surface area contributed by atoms with Crippen molar-refractivity contribution in [1.82, 2.24) is 25.8 Å². The lowest BCUT2D eigenvalue weighted by atomic mass is 10.1. The Morgan fingerprint density at radius 3 is 2.05 bits per heavy atom. The maximum atomic E-state index is 13.8. The van der Waals surface area contributed by atoms with E-state index in [9.17, 15) is 34.4 Å². The maximum Gasteiger partial charge on any atom is 0.244 e. The van der Waals surface area contributed by atoms with Gasteiger partial charge in [-0.3, -0.25) is 29.6 Å². The van der Waals surface area contributed by atoms with E-state index < -0.39 is 42.0 Å². The summed E-state index contributed by atoms with van der Waals surface area (Å²) in [7, 11) is 0. The van der Waals surface area contributed by atoms with Gasteiger partial charge in [0.25, 0.3) is 0 Å².